The molecule has 0 radical (unpaired) electrons. The Morgan fingerprint density at radius 2 is 2.25 bits per heavy atom. The molecule has 0 amide bonds. The number of ketones is 1. The zero-order valence-electron chi connectivity index (χ0n) is 7.64. The van der Waals surface area contributed by atoms with Crippen LogP contribution in [0.2, 0.25) is 0 Å². The largest absolute Gasteiger partial charge is 0.379 e. The maximum atomic E-state index is 10.8. The quantitative estimate of drug-likeness (QED) is 0.603. The second-order valence-electron chi connectivity index (χ2n) is 3.56. The molecule has 3 nitrogen and oxygen atoms in total. The van der Waals surface area contributed by atoms with Crippen LogP contribution in [0.25, 0.3) is 0 Å². The third kappa shape index (κ3) is 3.32. The van der Waals surface area contributed by atoms with Crippen molar-refractivity contribution in [3.05, 3.63) is 0 Å². The smallest absolute Gasteiger partial charge is 0.134 e. The summed E-state index contributed by atoms with van der Waals surface area (Å²) in [6.07, 6.45) is 3.27. The molecule has 0 aliphatic heterocycles. The van der Waals surface area contributed by atoms with E-state index in [2.05, 4.69) is 0 Å². The van der Waals surface area contributed by atoms with Crippen LogP contribution in [0.1, 0.15) is 32.6 Å². The van der Waals surface area contributed by atoms with Gasteiger partial charge in [-0.05, 0) is 12.8 Å². The van der Waals surface area contributed by atoms with Crippen LogP contribution in [0.15, 0.2) is 0 Å². The van der Waals surface area contributed by atoms with Crippen molar-refractivity contribution in [2.45, 2.75) is 38.1 Å². The van der Waals surface area contributed by atoms with Gasteiger partial charge in [-0.2, -0.15) is 0 Å². The minimum atomic E-state index is -0.0464. The van der Waals surface area contributed by atoms with E-state index in [1.807, 2.05) is 6.92 Å². The van der Waals surface area contributed by atoms with E-state index in [4.69, 9.17) is 10.5 Å². The summed E-state index contributed by atoms with van der Waals surface area (Å²) in [5.74, 6) is 0.261. The topological polar surface area (TPSA) is 52.3 Å². The van der Waals surface area contributed by atoms with Gasteiger partial charge >= 0.3 is 0 Å². The van der Waals surface area contributed by atoms with Gasteiger partial charge in [0, 0.05) is 18.4 Å². The lowest BCUT2D eigenvalue weighted by atomic mass is 10.2. The van der Waals surface area contributed by atoms with E-state index in [9.17, 15) is 4.79 Å². The van der Waals surface area contributed by atoms with Crippen LogP contribution in [0.3, 0.4) is 0 Å². The van der Waals surface area contributed by atoms with Crippen LogP contribution in [0.5, 0.6) is 0 Å². The van der Waals surface area contributed by atoms with Crippen LogP contribution in [0, 0.1) is 0 Å². The molecule has 0 saturated heterocycles. The molecule has 1 saturated carbocycles. The number of rotatable bonds is 6. The van der Waals surface area contributed by atoms with Crippen molar-refractivity contribution < 1.29 is 9.53 Å². The molecule has 1 fully saturated rings. The Labute approximate surface area is 73.3 Å². The molecule has 2 N–H and O–H groups in total. The van der Waals surface area contributed by atoms with Crippen LogP contribution in [0.4, 0.5) is 0 Å². The predicted molar refractivity (Wildman–Crippen MR) is 46.9 cm³/mol. The molecule has 1 rings (SSSR count). The maximum absolute atomic E-state index is 10.8. The highest BCUT2D eigenvalue weighted by Gasteiger charge is 2.38. The first-order chi connectivity index (χ1) is 5.66. The summed E-state index contributed by atoms with van der Waals surface area (Å²) in [6, 6.07) is 0. The van der Waals surface area contributed by atoms with Gasteiger partial charge in [-0.25, -0.2) is 0 Å². The number of Topliss-reactive ketones (excluding diaryl/α,β-unsaturated/α-hetero) is 1. The van der Waals surface area contributed by atoms with E-state index < -0.39 is 0 Å². The van der Waals surface area contributed by atoms with Gasteiger partial charge in [-0.3, -0.25) is 4.79 Å². The monoisotopic (exact) mass is 171 g/mol. The molecule has 0 spiro atoms. The second kappa shape index (κ2) is 4.01. The molecular weight excluding hydrogens is 154 g/mol. The lowest BCUT2D eigenvalue weighted by Gasteiger charge is -2.08. The van der Waals surface area contributed by atoms with Gasteiger partial charge in [0.05, 0.1) is 13.2 Å². The fourth-order valence-corrected chi connectivity index (χ4v) is 0.943. The molecular formula is C9H17NO2. The summed E-state index contributed by atoms with van der Waals surface area (Å²) in [6.45, 7) is 3.02. The van der Waals surface area contributed by atoms with Crippen molar-refractivity contribution in [1.29, 1.82) is 0 Å². The van der Waals surface area contributed by atoms with Gasteiger partial charge in [0.1, 0.15) is 5.78 Å². The van der Waals surface area contributed by atoms with Crippen molar-refractivity contribution >= 4 is 5.78 Å². The standard InChI is InChI=1S/C9H17NO2/c1-2-8(11)3-6-12-7-9(10)4-5-9/h2-7,10H2,1H3. The average molecular weight is 171 g/mol. The molecule has 0 aromatic carbocycles. The maximum Gasteiger partial charge on any atom is 0.134 e. The number of carbonyl (C=O) groups excluding carboxylic acids is 1. The summed E-state index contributed by atoms with van der Waals surface area (Å²) in [7, 11) is 0. The summed E-state index contributed by atoms with van der Waals surface area (Å²) >= 11 is 0. The lowest BCUT2D eigenvalue weighted by Crippen LogP contribution is -2.28. The molecule has 12 heavy (non-hydrogen) atoms. The summed E-state index contributed by atoms with van der Waals surface area (Å²) in [5, 5.41) is 0. The molecule has 0 aromatic rings. The first kappa shape index (κ1) is 9.68. The lowest BCUT2D eigenvalue weighted by molar-refractivity contribution is -0.119. The van der Waals surface area contributed by atoms with Gasteiger partial charge in [-0.15, -0.1) is 0 Å². The van der Waals surface area contributed by atoms with Crippen LogP contribution in [-0.2, 0) is 9.53 Å². The Kier molecular flexibility index (Phi) is 3.23. The van der Waals surface area contributed by atoms with Crippen molar-refractivity contribution in [3.8, 4) is 0 Å². The highest BCUT2D eigenvalue weighted by Crippen LogP contribution is 2.32. The minimum absolute atomic E-state index is 0.0464. The van der Waals surface area contributed by atoms with Crippen LogP contribution >= 0.6 is 0 Å². The highest BCUT2D eigenvalue weighted by atomic mass is 16.5. The molecule has 0 unspecified atom stereocenters. The molecule has 0 bridgehead atoms. The van der Waals surface area contributed by atoms with E-state index in [-0.39, 0.29) is 11.3 Å². The normalized spacial score (nSPS) is 19.2. The molecule has 0 heterocycles. The SMILES string of the molecule is CCC(=O)CCOCC1(N)CC1. The second-order valence-corrected chi connectivity index (χ2v) is 3.56. The van der Waals surface area contributed by atoms with Crippen LogP contribution < -0.4 is 5.73 Å². The Balaban J connectivity index is 1.92. The molecule has 1 aliphatic rings. The van der Waals surface area contributed by atoms with Crippen molar-refractivity contribution in [3.63, 3.8) is 0 Å². The molecule has 0 aromatic heterocycles. The number of carbonyl (C=O) groups is 1. The summed E-state index contributed by atoms with van der Waals surface area (Å²) < 4.78 is 5.29. The Morgan fingerprint density at radius 1 is 1.58 bits per heavy atom. The van der Waals surface area contributed by atoms with Gasteiger partial charge in [0.25, 0.3) is 0 Å². The first-order valence-corrected chi connectivity index (χ1v) is 4.55. The Morgan fingerprint density at radius 3 is 2.75 bits per heavy atom. The third-order valence-corrected chi connectivity index (χ3v) is 2.20. The van der Waals surface area contributed by atoms with Gasteiger partial charge in [-0.1, -0.05) is 6.92 Å². The number of hydrogen-bond donors (Lipinski definition) is 1. The molecule has 1 aliphatic carbocycles. The number of hydrogen-bond acceptors (Lipinski definition) is 3. The summed E-state index contributed by atoms with van der Waals surface area (Å²) in [4.78, 5) is 10.8. The van der Waals surface area contributed by atoms with Crippen molar-refractivity contribution in [1.82, 2.24) is 0 Å². The van der Waals surface area contributed by atoms with Crippen molar-refractivity contribution in [2.24, 2.45) is 5.73 Å². The number of nitrogens with two attached hydrogens (primary N) is 1. The number of ether oxygens (including phenoxy) is 1. The fourth-order valence-electron chi connectivity index (χ4n) is 0.943. The van der Waals surface area contributed by atoms with E-state index >= 15 is 0 Å². The zero-order chi connectivity index (χ0) is 9.03. The average Bonchev–Trinajstić information content (AvgIpc) is 2.78. The zero-order valence-corrected chi connectivity index (χ0v) is 7.64. The minimum Gasteiger partial charge on any atom is -0.379 e. The molecule has 70 valence electrons. The van der Waals surface area contributed by atoms with E-state index in [0.29, 0.717) is 26.1 Å². The first-order valence-electron chi connectivity index (χ1n) is 4.55. The summed E-state index contributed by atoms with van der Waals surface area (Å²) in [5.41, 5.74) is 5.74. The third-order valence-electron chi connectivity index (χ3n) is 2.20. The van der Waals surface area contributed by atoms with Gasteiger partial charge in [0.15, 0.2) is 0 Å². The van der Waals surface area contributed by atoms with E-state index in [0.717, 1.165) is 12.8 Å². The van der Waals surface area contributed by atoms with Gasteiger partial charge in [0.2, 0.25) is 0 Å². The van der Waals surface area contributed by atoms with E-state index in [1.165, 1.54) is 0 Å². The van der Waals surface area contributed by atoms with Crippen molar-refractivity contribution in [2.75, 3.05) is 13.2 Å². The molecule has 0 atom stereocenters. The molecule has 3 heteroatoms. The van der Waals surface area contributed by atoms with Crippen LogP contribution in [-0.4, -0.2) is 24.5 Å². The predicted octanol–water partition coefficient (Wildman–Crippen LogP) is 0.864. The Bertz CT molecular complexity index is 164. The highest BCUT2D eigenvalue weighted by molar-refractivity contribution is 5.78. The Hall–Kier alpha value is -0.410. The van der Waals surface area contributed by atoms with Gasteiger partial charge < -0.3 is 10.5 Å². The van der Waals surface area contributed by atoms with E-state index in [1.54, 1.807) is 0 Å². The fraction of sp³-hybridized carbons (Fsp3) is 0.889.